The number of rotatable bonds is 7. The summed E-state index contributed by atoms with van der Waals surface area (Å²) in [7, 11) is 1.70. The zero-order chi connectivity index (χ0) is 22.9. The van der Waals surface area contributed by atoms with Crippen molar-refractivity contribution in [1.29, 1.82) is 0 Å². The van der Waals surface area contributed by atoms with Gasteiger partial charge in [0.2, 0.25) is 5.91 Å². The second-order valence-corrected chi connectivity index (χ2v) is 9.09. The van der Waals surface area contributed by atoms with Gasteiger partial charge in [0.05, 0.1) is 13.0 Å². The zero-order valence-electron chi connectivity index (χ0n) is 19.8. The molecule has 5 nitrogen and oxygen atoms in total. The molecule has 172 valence electrons. The molecular formula is C28H33N3O2. The molecule has 33 heavy (non-hydrogen) atoms. The second-order valence-electron chi connectivity index (χ2n) is 9.09. The minimum Gasteiger partial charge on any atom is -0.497 e. The highest BCUT2D eigenvalue weighted by Crippen LogP contribution is 2.41. The summed E-state index contributed by atoms with van der Waals surface area (Å²) >= 11 is 0. The average Bonchev–Trinajstić information content (AvgIpc) is 3.28. The number of aromatic amines is 1. The van der Waals surface area contributed by atoms with Gasteiger partial charge in [0, 0.05) is 49.3 Å². The van der Waals surface area contributed by atoms with Gasteiger partial charge in [-0.3, -0.25) is 9.69 Å². The van der Waals surface area contributed by atoms with Crippen LogP contribution in [0.2, 0.25) is 0 Å². The molecule has 2 atom stereocenters. The Balaban J connectivity index is 1.48. The summed E-state index contributed by atoms with van der Waals surface area (Å²) in [5.41, 5.74) is 6.46. The molecule has 0 radical (unpaired) electrons. The van der Waals surface area contributed by atoms with Gasteiger partial charge in [-0.2, -0.15) is 0 Å². The Labute approximate surface area is 196 Å². The van der Waals surface area contributed by atoms with Crippen LogP contribution in [0.3, 0.4) is 0 Å². The minimum atomic E-state index is -0.109. The van der Waals surface area contributed by atoms with Crippen LogP contribution in [0.1, 0.15) is 30.5 Å². The molecule has 2 aliphatic rings. The number of fused-ring (bicyclic) bond motifs is 2. The van der Waals surface area contributed by atoms with E-state index >= 15 is 0 Å². The van der Waals surface area contributed by atoms with E-state index in [4.69, 9.17) is 4.74 Å². The number of methoxy groups -OCH3 is 1. The molecule has 5 heteroatoms. The highest BCUT2D eigenvalue weighted by Gasteiger charge is 2.37. The number of amides is 1. The van der Waals surface area contributed by atoms with Crippen LogP contribution in [0.25, 0.3) is 16.5 Å². The van der Waals surface area contributed by atoms with Gasteiger partial charge in [-0.1, -0.05) is 30.3 Å². The first-order chi connectivity index (χ1) is 16.1. The Bertz CT molecular complexity index is 1170. The van der Waals surface area contributed by atoms with Crippen molar-refractivity contribution in [2.24, 2.45) is 5.92 Å². The monoisotopic (exact) mass is 443 g/mol. The fourth-order valence-electron chi connectivity index (χ4n) is 5.56. The van der Waals surface area contributed by atoms with E-state index in [1.165, 1.54) is 33.2 Å². The van der Waals surface area contributed by atoms with E-state index in [0.717, 1.165) is 44.8 Å². The van der Waals surface area contributed by atoms with Crippen LogP contribution in [0, 0.1) is 5.92 Å². The molecule has 0 fully saturated rings. The Morgan fingerprint density at radius 2 is 1.94 bits per heavy atom. The lowest BCUT2D eigenvalue weighted by Gasteiger charge is -2.42. The number of H-pyrrole nitrogens is 1. The van der Waals surface area contributed by atoms with Crippen LogP contribution >= 0.6 is 0 Å². The van der Waals surface area contributed by atoms with Crippen LogP contribution in [-0.2, 0) is 17.6 Å². The summed E-state index contributed by atoms with van der Waals surface area (Å²) in [5, 5.41) is 1.33. The second kappa shape index (κ2) is 9.06. The first-order valence-corrected chi connectivity index (χ1v) is 12.1. The summed E-state index contributed by atoms with van der Waals surface area (Å²) < 4.78 is 5.31. The molecule has 0 bridgehead atoms. The van der Waals surface area contributed by atoms with Gasteiger partial charge in [-0.05, 0) is 67.2 Å². The molecule has 2 aromatic carbocycles. The lowest BCUT2D eigenvalue weighted by Crippen LogP contribution is -2.49. The standard InChI is InChI=1S/C28H33N3O2/c1-4-30(5-2)28(32)21-15-24-23-7-6-8-25-27(23)20(17-29-25)16-26(24)31(18-21)14-13-19-9-11-22(33-3)12-10-19/h6-12,15,17,21,26,29H,4-5,13-14,16,18H2,1-3H3. The molecule has 2 heterocycles. The van der Waals surface area contributed by atoms with Crippen molar-refractivity contribution in [3.8, 4) is 5.75 Å². The fraction of sp³-hybridized carbons (Fsp3) is 0.393. The number of hydrogen-bond donors (Lipinski definition) is 1. The molecular weight excluding hydrogens is 410 g/mol. The summed E-state index contributed by atoms with van der Waals surface area (Å²) in [6.45, 7) is 7.33. The third kappa shape index (κ3) is 3.95. The van der Waals surface area contributed by atoms with Crippen LogP contribution in [-0.4, -0.2) is 60.0 Å². The highest BCUT2D eigenvalue weighted by atomic mass is 16.5. The van der Waals surface area contributed by atoms with Gasteiger partial charge in [-0.15, -0.1) is 0 Å². The Morgan fingerprint density at radius 1 is 1.15 bits per heavy atom. The SMILES string of the molecule is CCN(CC)C(=O)C1C=C2c3cccc4[nH]cc(c34)CC2N(CCc2ccc(OC)cc2)C1. The van der Waals surface area contributed by atoms with Crippen molar-refractivity contribution >= 4 is 22.4 Å². The first-order valence-electron chi connectivity index (χ1n) is 12.1. The van der Waals surface area contributed by atoms with Crippen molar-refractivity contribution in [3.63, 3.8) is 0 Å². The summed E-state index contributed by atoms with van der Waals surface area (Å²) in [4.78, 5) is 21.4. The third-order valence-electron chi connectivity index (χ3n) is 7.36. The Morgan fingerprint density at radius 3 is 2.67 bits per heavy atom. The number of nitrogens with zero attached hydrogens (tertiary/aromatic N) is 2. The first kappa shape index (κ1) is 21.8. The van der Waals surface area contributed by atoms with Crippen LogP contribution in [0.15, 0.2) is 54.7 Å². The Kier molecular flexibility index (Phi) is 5.98. The van der Waals surface area contributed by atoms with E-state index in [2.05, 4.69) is 66.3 Å². The quantitative estimate of drug-likeness (QED) is 0.584. The summed E-state index contributed by atoms with van der Waals surface area (Å²) in [5.74, 6) is 1.02. The van der Waals surface area contributed by atoms with E-state index in [0.29, 0.717) is 6.04 Å². The number of ether oxygens (including phenoxy) is 1. The molecule has 2 unspecified atom stereocenters. The zero-order valence-corrected chi connectivity index (χ0v) is 19.8. The lowest BCUT2D eigenvalue weighted by molar-refractivity contribution is -0.134. The summed E-state index contributed by atoms with van der Waals surface area (Å²) in [6, 6.07) is 15.1. The largest absolute Gasteiger partial charge is 0.497 e. The summed E-state index contributed by atoms with van der Waals surface area (Å²) in [6.07, 6.45) is 6.38. The van der Waals surface area contributed by atoms with Crippen molar-refractivity contribution in [1.82, 2.24) is 14.8 Å². The number of carbonyl (C=O) groups is 1. The number of benzene rings is 2. The molecule has 1 aromatic heterocycles. The molecule has 1 amide bonds. The third-order valence-corrected chi connectivity index (χ3v) is 7.36. The van der Waals surface area contributed by atoms with E-state index in [9.17, 15) is 4.79 Å². The lowest BCUT2D eigenvalue weighted by atomic mass is 9.79. The maximum atomic E-state index is 13.4. The van der Waals surface area contributed by atoms with Crippen molar-refractivity contribution in [2.45, 2.75) is 32.7 Å². The average molecular weight is 444 g/mol. The molecule has 0 spiro atoms. The molecule has 1 aliphatic carbocycles. The van der Waals surface area contributed by atoms with Gasteiger partial charge >= 0.3 is 0 Å². The van der Waals surface area contributed by atoms with Gasteiger partial charge in [-0.25, -0.2) is 0 Å². The maximum Gasteiger partial charge on any atom is 0.230 e. The molecule has 5 rings (SSSR count). The van der Waals surface area contributed by atoms with Gasteiger partial charge < -0.3 is 14.6 Å². The number of nitrogens with one attached hydrogen (secondary N) is 1. The number of hydrogen-bond acceptors (Lipinski definition) is 3. The molecule has 1 aliphatic heterocycles. The van der Waals surface area contributed by atoms with Gasteiger partial charge in [0.1, 0.15) is 5.75 Å². The predicted molar refractivity (Wildman–Crippen MR) is 133 cm³/mol. The highest BCUT2D eigenvalue weighted by molar-refractivity contribution is 5.99. The molecule has 1 N–H and O–H groups in total. The van der Waals surface area contributed by atoms with Gasteiger partial charge in [0.25, 0.3) is 0 Å². The maximum absolute atomic E-state index is 13.4. The number of carbonyl (C=O) groups excluding carboxylic acids is 1. The van der Waals surface area contributed by atoms with E-state index in [1.807, 2.05) is 17.0 Å². The molecule has 0 saturated carbocycles. The van der Waals surface area contributed by atoms with Crippen molar-refractivity contribution in [2.75, 3.05) is 33.3 Å². The normalized spacial score (nSPS) is 19.8. The smallest absolute Gasteiger partial charge is 0.230 e. The number of aromatic nitrogens is 1. The van der Waals surface area contributed by atoms with Crippen LogP contribution in [0.5, 0.6) is 5.75 Å². The van der Waals surface area contributed by atoms with E-state index < -0.39 is 0 Å². The van der Waals surface area contributed by atoms with E-state index in [1.54, 1.807) is 7.11 Å². The van der Waals surface area contributed by atoms with Crippen molar-refractivity contribution in [3.05, 3.63) is 71.4 Å². The van der Waals surface area contributed by atoms with Crippen LogP contribution in [0.4, 0.5) is 0 Å². The topological polar surface area (TPSA) is 48.6 Å². The minimum absolute atomic E-state index is 0.109. The van der Waals surface area contributed by atoms with E-state index in [-0.39, 0.29) is 11.8 Å². The van der Waals surface area contributed by atoms with Crippen molar-refractivity contribution < 1.29 is 9.53 Å². The Hall–Kier alpha value is -3.05. The van der Waals surface area contributed by atoms with Gasteiger partial charge in [0.15, 0.2) is 0 Å². The fourth-order valence-corrected chi connectivity index (χ4v) is 5.56. The molecule has 3 aromatic rings. The predicted octanol–water partition coefficient (Wildman–Crippen LogP) is 4.53. The molecule has 0 saturated heterocycles. The van der Waals surface area contributed by atoms with Crippen LogP contribution < -0.4 is 4.74 Å².